The van der Waals surface area contributed by atoms with Crippen LogP contribution in [0.2, 0.25) is 0 Å². The number of hydrogen-bond acceptors (Lipinski definition) is 3. The molecule has 1 aromatic rings. The van der Waals surface area contributed by atoms with E-state index in [2.05, 4.69) is 17.1 Å². The summed E-state index contributed by atoms with van der Waals surface area (Å²) >= 11 is 0. The van der Waals surface area contributed by atoms with E-state index < -0.39 is 0 Å². The van der Waals surface area contributed by atoms with Gasteiger partial charge in [0.05, 0.1) is 6.61 Å². The molecule has 4 nitrogen and oxygen atoms in total. The Kier molecular flexibility index (Phi) is 8.39. The second-order valence-electron chi connectivity index (χ2n) is 6.30. The highest BCUT2D eigenvalue weighted by Gasteiger charge is 2.09. The molecule has 132 valence electrons. The van der Waals surface area contributed by atoms with E-state index in [-0.39, 0.29) is 5.91 Å². The number of unbranched alkanes of at least 4 members (excludes halogenated alkanes) is 1. The van der Waals surface area contributed by atoms with Gasteiger partial charge in [-0.2, -0.15) is 0 Å². The van der Waals surface area contributed by atoms with Crippen LogP contribution in [0.25, 0.3) is 6.08 Å². The van der Waals surface area contributed by atoms with Gasteiger partial charge in [0.25, 0.3) is 0 Å². The van der Waals surface area contributed by atoms with Gasteiger partial charge in [-0.15, -0.1) is 0 Å². The maximum atomic E-state index is 11.8. The van der Waals surface area contributed by atoms with Crippen molar-refractivity contribution in [2.75, 3.05) is 32.8 Å². The van der Waals surface area contributed by atoms with E-state index >= 15 is 0 Å². The molecule has 4 heteroatoms. The second kappa shape index (κ2) is 10.9. The number of benzene rings is 1. The Morgan fingerprint density at radius 1 is 1.21 bits per heavy atom. The maximum Gasteiger partial charge on any atom is 0.243 e. The molecule has 2 rings (SSSR count). The van der Waals surface area contributed by atoms with Gasteiger partial charge >= 0.3 is 0 Å². The quantitative estimate of drug-likeness (QED) is 0.527. The van der Waals surface area contributed by atoms with Gasteiger partial charge in [0.15, 0.2) is 0 Å². The minimum atomic E-state index is -0.0255. The Labute approximate surface area is 145 Å². The molecule has 1 aromatic carbocycles. The largest absolute Gasteiger partial charge is 0.494 e. The fraction of sp³-hybridized carbons (Fsp3) is 0.550. The van der Waals surface area contributed by atoms with Crippen molar-refractivity contribution < 1.29 is 9.53 Å². The summed E-state index contributed by atoms with van der Waals surface area (Å²) in [6.07, 6.45) is 9.31. The summed E-state index contributed by atoms with van der Waals surface area (Å²) in [5.41, 5.74) is 1.00. The first kappa shape index (κ1) is 18.5. The third-order valence-corrected chi connectivity index (χ3v) is 4.18. The molecule has 24 heavy (non-hydrogen) atoms. The molecular formula is C20H30N2O2. The third kappa shape index (κ3) is 7.18. The lowest BCUT2D eigenvalue weighted by molar-refractivity contribution is -0.116. The van der Waals surface area contributed by atoms with E-state index in [1.54, 1.807) is 6.08 Å². The van der Waals surface area contributed by atoms with Crippen LogP contribution < -0.4 is 10.1 Å². The summed E-state index contributed by atoms with van der Waals surface area (Å²) in [5.74, 6) is 0.846. The predicted molar refractivity (Wildman–Crippen MR) is 99.2 cm³/mol. The normalized spacial score (nSPS) is 15.0. The van der Waals surface area contributed by atoms with Gasteiger partial charge in [-0.05, 0) is 75.5 Å². The molecule has 0 bridgehead atoms. The molecule has 0 saturated carbocycles. The van der Waals surface area contributed by atoms with Crippen LogP contribution in [0, 0.1) is 0 Å². The summed E-state index contributed by atoms with van der Waals surface area (Å²) in [4.78, 5) is 14.3. The van der Waals surface area contributed by atoms with Crippen molar-refractivity contribution in [3.05, 3.63) is 35.9 Å². The fourth-order valence-corrected chi connectivity index (χ4v) is 2.80. The van der Waals surface area contributed by atoms with Crippen molar-refractivity contribution in [2.45, 2.75) is 39.0 Å². The first-order valence-corrected chi connectivity index (χ1v) is 9.19. The average molecular weight is 330 g/mol. The molecular weight excluding hydrogens is 300 g/mol. The van der Waals surface area contributed by atoms with Crippen molar-refractivity contribution >= 4 is 12.0 Å². The van der Waals surface area contributed by atoms with Gasteiger partial charge in [0.2, 0.25) is 5.91 Å². The maximum absolute atomic E-state index is 11.8. The van der Waals surface area contributed by atoms with Crippen LogP contribution in [-0.2, 0) is 4.79 Å². The van der Waals surface area contributed by atoms with Crippen LogP contribution in [0.5, 0.6) is 5.75 Å². The van der Waals surface area contributed by atoms with Crippen LogP contribution in [-0.4, -0.2) is 43.6 Å². The summed E-state index contributed by atoms with van der Waals surface area (Å²) in [7, 11) is 0. The zero-order valence-corrected chi connectivity index (χ0v) is 14.8. The molecule has 0 radical (unpaired) electrons. The van der Waals surface area contributed by atoms with E-state index in [0.717, 1.165) is 50.3 Å². The number of hydrogen-bond donors (Lipinski definition) is 1. The Morgan fingerprint density at radius 3 is 2.67 bits per heavy atom. The van der Waals surface area contributed by atoms with Crippen LogP contribution in [0.3, 0.4) is 0 Å². The average Bonchev–Trinajstić information content (AvgIpc) is 3.12. The highest BCUT2D eigenvalue weighted by atomic mass is 16.5. The molecule has 1 amide bonds. The number of ether oxygens (including phenoxy) is 1. The van der Waals surface area contributed by atoms with Crippen LogP contribution in [0.15, 0.2) is 30.3 Å². The standard InChI is InChI=1S/C20H30N2O2/c1-2-17-24-19-10-7-18(8-11-19)9-12-20(23)21-13-3-4-14-22-15-5-6-16-22/h7-12H,2-6,13-17H2,1H3,(H,21,23)/b12-9+. The summed E-state index contributed by atoms with van der Waals surface area (Å²) in [6, 6.07) is 7.80. The number of likely N-dealkylation sites (tertiary alicyclic amines) is 1. The first-order valence-electron chi connectivity index (χ1n) is 9.19. The Morgan fingerprint density at radius 2 is 1.96 bits per heavy atom. The Balaban J connectivity index is 1.59. The van der Waals surface area contributed by atoms with Gasteiger partial charge in [-0.25, -0.2) is 0 Å². The van der Waals surface area contributed by atoms with Crippen molar-refractivity contribution in [1.82, 2.24) is 10.2 Å². The molecule has 1 N–H and O–H groups in total. The van der Waals surface area contributed by atoms with Gasteiger partial charge in [-0.1, -0.05) is 19.1 Å². The van der Waals surface area contributed by atoms with E-state index in [1.807, 2.05) is 30.3 Å². The molecule has 1 heterocycles. The molecule has 0 unspecified atom stereocenters. The number of rotatable bonds is 10. The topological polar surface area (TPSA) is 41.6 Å². The Hall–Kier alpha value is -1.81. The van der Waals surface area contributed by atoms with Crippen molar-refractivity contribution in [2.24, 2.45) is 0 Å². The summed E-state index contributed by atoms with van der Waals surface area (Å²) in [5, 5.41) is 2.95. The smallest absolute Gasteiger partial charge is 0.243 e. The number of carbonyl (C=O) groups is 1. The zero-order valence-electron chi connectivity index (χ0n) is 14.8. The van der Waals surface area contributed by atoms with E-state index in [0.29, 0.717) is 0 Å². The summed E-state index contributed by atoms with van der Waals surface area (Å²) < 4.78 is 5.54. The highest BCUT2D eigenvalue weighted by molar-refractivity contribution is 5.91. The molecule has 1 aliphatic heterocycles. The summed E-state index contributed by atoms with van der Waals surface area (Å²) in [6.45, 7) is 7.23. The van der Waals surface area contributed by atoms with Crippen LogP contribution in [0.4, 0.5) is 0 Å². The first-order chi connectivity index (χ1) is 11.8. The van der Waals surface area contributed by atoms with Gasteiger partial charge < -0.3 is 15.0 Å². The van der Waals surface area contributed by atoms with Gasteiger partial charge in [0.1, 0.15) is 5.75 Å². The van der Waals surface area contributed by atoms with Gasteiger partial charge in [0, 0.05) is 12.6 Å². The predicted octanol–water partition coefficient (Wildman–Crippen LogP) is 3.48. The SMILES string of the molecule is CCCOc1ccc(/C=C/C(=O)NCCCCN2CCCC2)cc1. The third-order valence-electron chi connectivity index (χ3n) is 4.18. The molecule has 0 spiro atoms. The van der Waals surface area contributed by atoms with Crippen molar-refractivity contribution in [1.29, 1.82) is 0 Å². The molecule has 1 fully saturated rings. The van der Waals surface area contributed by atoms with Crippen LogP contribution >= 0.6 is 0 Å². The molecule has 1 saturated heterocycles. The fourth-order valence-electron chi connectivity index (χ4n) is 2.80. The lowest BCUT2D eigenvalue weighted by Crippen LogP contribution is -2.24. The lowest BCUT2D eigenvalue weighted by atomic mass is 10.2. The van der Waals surface area contributed by atoms with Crippen molar-refractivity contribution in [3.8, 4) is 5.75 Å². The van der Waals surface area contributed by atoms with Crippen molar-refractivity contribution in [3.63, 3.8) is 0 Å². The van der Waals surface area contributed by atoms with Gasteiger partial charge in [-0.3, -0.25) is 4.79 Å². The van der Waals surface area contributed by atoms with E-state index in [9.17, 15) is 4.79 Å². The minimum Gasteiger partial charge on any atom is -0.494 e. The highest BCUT2D eigenvalue weighted by Crippen LogP contribution is 2.13. The number of amides is 1. The number of nitrogens with one attached hydrogen (secondary N) is 1. The second-order valence-corrected chi connectivity index (χ2v) is 6.30. The molecule has 1 aliphatic rings. The lowest BCUT2D eigenvalue weighted by Gasteiger charge is -2.13. The monoisotopic (exact) mass is 330 g/mol. The molecule has 0 atom stereocenters. The minimum absolute atomic E-state index is 0.0255. The number of carbonyl (C=O) groups excluding carboxylic acids is 1. The van der Waals surface area contributed by atoms with E-state index in [1.165, 1.54) is 25.9 Å². The van der Waals surface area contributed by atoms with Crippen LogP contribution in [0.1, 0.15) is 44.6 Å². The van der Waals surface area contributed by atoms with E-state index in [4.69, 9.17) is 4.74 Å². The Bertz CT molecular complexity index is 505. The molecule has 0 aliphatic carbocycles. The zero-order chi connectivity index (χ0) is 17.0. The number of nitrogens with zero attached hydrogens (tertiary/aromatic N) is 1. The molecule has 0 aromatic heterocycles.